The number of rotatable bonds is 4. The largest absolute Gasteiger partial charge is 0.335 e. The maximum Gasteiger partial charge on any atom is 0.224 e. The van der Waals surface area contributed by atoms with Gasteiger partial charge in [-0.15, -0.1) is 17.5 Å². The van der Waals surface area contributed by atoms with Gasteiger partial charge >= 0.3 is 0 Å². The zero-order valence-electron chi connectivity index (χ0n) is 14.0. The first-order chi connectivity index (χ1) is 12.4. The molecule has 2 aromatic rings. The highest BCUT2D eigenvalue weighted by Gasteiger charge is 2.26. The molecule has 1 aliphatic heterocycles. The van der Waals surface area contributed by atoms with Gasteiger partial charge in [0.25, 0.3) is 0 Å². The molecule has 0 saturated carbocycles. The highest BCUT2D eigenvalue weighted by Crippen LogP contribution is 2.18. The molecule has 1 aliphatic rings. The molecule has 11 heteroatoms. The summed E-state index contributed by atoms with van der Waals surface area (Å²) in [6.07, 6.45) is -0.201. The second-order valence-electron chi connectivity index (χ2n) is 6.06. The summed E-state index contributed by atoms with van der Waals surface area (Å²) in [6, 6.07) is 2.37. The lowest BCUT2D eigenvalue weighted by Crippen LogP contribution is -2.41. The first kappa shape index (κ1) is 20.7. The first-order valence-corrected chi connectivity index (χ1v) is 7.88. The SMILES string of the molecule is Cl.N#Cc1nnn2c1CN(C(=O)C[C@H](N)Cc1cc(F)c(F)cc1F)CC2. The van der Waals surface area contributed by atoms with Crippen LogP contribution in [0.15, 0.2) is 12.1 Å². The van der Waals surface area contributed by atoms with E-state index in [1.54, 1.807) is 4.68 Å². The smallest absolute Gasteiger partial charge is 0.224 e. The van der Waals surface area contributed by atoms with Crippen molar-refractivity contribution in [2.75, 3.05) is 6.54 Å². The molecule has 0 bridgehead atoms. The van der Waals surface area contributed by atoms with Gasteiger partial charge < -0.3 is 10.6 Å². The summed E-state index contributed by atoms with van der Waals surface area (Å²) in [5.74, 6) is -3.63. The molecule has 0 radical (unpaired) electrons. The van der Waals surface area contributed by atoms with Gasteiger partial charge in [-0.2, -0.15) is 5.26 Å². The molecule has 2 heterocycles. The van der Waals surface area contributed by atoms with E-state index in [1.165, 1.54) is 4.90 Å². The second-order valence-corrected chi connectivity index (χ2v) is 6.06. The normalized spacial score (nSPS) is 14.1. The van der Waals surface area contributed by atoms with Crippen LogP contribution in [0.4, 0.5) is 13.2 Å². The Kier molecular flexibility index (Phi) is 6.41. The fraction of sp³-hybridized carbons (Fsp3) is 0.375. The van der Waals surface area contributed by atoms with Crippen molar-refractivity contribution in [2.24, 2.45) is 5.73 Å². The Bertz CT molecular complexity index is 897. The van der Waals surface area contributed by atoms with E-state index in [0.29, 0.717) is 24.8 Å². The Morgan fingerprint density at radius 1 is 1.26 bits per heavy atom. The number of nitrogens with two attached hydrogens (primary N) is 1. The van der Waals surface area contributed by atoms with E-state index in [0.717, 1.165) is 6.07 Å². The molecule has 2 N–H and O–H groups in total. The summed E-state index contributed by atoms with van der Waals surface area (Å²) in [5.41, 5.74) is 6.51. The lowest BCUT2D eigenvalue weighted by atomic mass is 10.0. The van der Waals surface area contributed by atoms with Crippen molar-refractivity contribution in [3.05, 3.63) is 46.5 Å². The molecule has 3 rings (SSSR count). The number of nitrogens with zero attached hydrogens (tertiary/aromatic N) is 5. The third kappa shape index (κ3) is 4.37. The van der Waals surface area contributed by atoms with Gasteiger partial charge in [-0.3, -0.25) is 4.79 Å². The molecular weight excluding hydrogens is 385 g/mol. The topological polar surface area (TPSA) is 101 Å². The van der Waals surface area contributed by atoms with Crippen LogP contribution in [-0.4, -0.2) is 38.4 Å². The molecule has 1 atom stereocenters. The molecule has 144 valence electrons. The maximum absolute atomic E-state index is 13.7. The Hall–Kier alpha value is -2.64. The Morgan fingerprint density at radius 3 is 2.67 bits per heavy atom. The maximum atomic E-state index is 13.7. The predicted molar refractivity (Wildman–Crippen MR) is 90.0 cm³/mol. The summed E-state index contributed by atoms with van der Waals surface area (Å²) in [6.45, 7) is 0.968. The zero-order valence-corrected chi connectivity index (χ0v) is 14.8. The Morgan fingerprint density at radius 2 is 1.96 bits per heavy atom. The lowest BCUT2D eigenvalue weighted by molar-refractivity contribution is -0.133. The molecule has 0 spiro atoms. The summed E-state index contributed by atoms with van der Waals surface area (Å²) < 4.78 is 41.5. The highest BCUT2D eigenvalue weighted by molar-refractivity contribution is 5.85. The van der Waals surface area contributed by atoms with E-state index in [2.05, 4.69) is 10.3 Å². The van der Waals surface area contributed by atoms with Crippen LogP contribution in [-0.2, 0) is 24.3 Å². The van der Waals surface area contributed by atoms with Gasteiger partial charge in [0.1, 0.15) is 11.9 Å². The fourth-order valence-electron chi connectivity index (χ4n) is 2.87. The predicted octanol–water partition coefficient (Wildman–Crippen LogP) is 1.29. The number of carbonyl (C=O) groups excluding carboxylic acids is 1. The number of aromatic nitrogens is 3. The van der Waals surface area contributed by atoms with Gasteiger partial charge in [-0.25, -0.2) is 17.9 Å². The van der Waals surface area contributed by atoms with Gasteiger partial charge in [0.05, 0.1) is 18.8 Å². The van der Waals surface area contributed by atoms with Gasteiger partial charge in [0.2, 0.25) is 5.91 Å². The standard InChI is InChI=1S/C16H15F3N6O.ClH/c17-11-6-13(19)12(18)4-9(11)3-10(21)5-16(26)24-1-2-25-15(8-24)14(7-20)22-23-25;/h4,6,10H,1-3,5,8,21H2;1H/t10-;/m1./s1. The van der Waals surface area contributed by atoms with Crippen LogP contribution in [0.25, 0.3) is 0 Å². The number of nitriles is 1. The average Bonchev–Trinajstić information content (AvgIpc) is 3.01. The van der Waals surface area contributed by atoms with E-state index in [4.69, 9.17) is 11.0 Å². The molecule has 1 aromatic heterocycles. The van der Waals surface area contributed by atoms with Crippen LogP contribution in [0.2, 0.25) is 0 Å². The number of hydrogen-bond acceptors (Lipinski definition) is 5. The van der Waals surface area contributed by atoms with E-state index in [-0.39, 0.29) is 49.0 Å². The summed E-state index contributed by atoms with van der Waals surface area (Å²) >= 11 is 0. The molecule has 0 saturated heterocycles. The monoisotopic (exact) mass is 400 g/mol. The molecule has 27 heavy (non-hydrogen) atoms. The van der Waals surface area contributed by atoms with Crippen LogP contribution < -0.4 is 5.73 Å². The minimum atomic E-state index is -1.28. The van der Waals surface area contributed by atoms with Crippen molar-refractivity contribution in [2.45, 2.75) is 32.0 Å². The number of amides is 1. The van der Waals surface area contributed by atoms with Crippen LogP contribution in [0.3, 0.4) is 0 Å². The third-order valence-electron chi connectivity index (χ3n) is 4.23. The van der Waals surface area contributed by atoms with Gasteiger partial charge in [-0.1, -0.05) is 5.21 Å². The molecular formula is C16H16ClF3N6O. The quantitative estimate of drug-likeness (QED) is 0.779. The van der Waals surface area contributed by atoms with Crippen molar-refractivity contribution in [3.8, 4) is 6.07 Å². The molecule has 0 fully saturated rings. The zero-order chi connectivity index (χ0) is 18.8. The number of carbonyl (C=O) groups is 1. The summed E-state index contributed by atoms with van der Waals surface area (Å²) in [4.78, 5) is 13.9. The Labute approximate surface area is 159 Å². The van der Waals surface area contributed by atoms with Crippen molar-refractivity contribution >= 4 is 18.3 Å². The van der Waals surface area contributed by atoms with Crippen LogP contribution in [0.1, 0.15) is 23.4 Å². The molecule has 1 aromatic carbocycles. The minimum Gasteiger partial charge on any atom is -0.335 e. The van der Waals surface area contributed by atoms with Gasteiger partial charge in [0, 0.05) is 25.1 Å². The first-order valence-electron chi connectivity index (χ1n) is 7.88. The summed E-state index contributed by atoms with van der Waals surface area (Å²) in [7, 11) is 0. The fourth-order valence-corrected chi connectivity index (χ4v) is 2.87. The average molecular weight is 401 g/mol. The van der Waals surface area contributed by atoms with Gasteiger partial charge in [0.15, 0.2) is 17.3 Å². The Balaban J connectivity index is 0.00000261. The van der Waals surface area contributed by atoms with E-state index in [1.807, 2.05) is 6.07 Å². The van der Waals surface area contributed by atoms with Crippen molar-refractivity contribution < 1.29 is 18.0 Å². The minimum absolute atomic E-state index is 0. The molecule has 1 amide bonds. The lowest BCUT2D eigenvalue weighted by Gasteiger charge is -2.28. The van der Waals surface area contributed by atoms with Gasteiger partial charge in [-0.05, 0) is 18.1 Å². The number of hydrogen-bond donors (Lipinski definition) is 1. The van der Waals surface area contributed by atoms with Crippen LogP contribution in [0, 0.1) is 28.8 Å². The van der Waals surface area contributed by atoms with Crippen molar-refractivity contribution in [3.63, 3.8) is 0 Å². The molecule has 0 unspecified atom stereocenters. The highest BCUT2D eigenvalue weighted by atomic mass is 35.5. The number of fused-ring (bicyclic) bond motifs is 1. The second kappa shape index (κ2) is 8.37. The van der Waals surface area contributed by atoms with Crippen molar-refractivity contribution in [1.29, 1.82) is 5.26 Å². The van der Waals surface area contributed by atoms with E-state index in [9.17, 15) is 18.0 Å². The van der Waals surface area contributed by atoms with E-state index >= 15 is 0 Å². The summed E-state index contributed by atoms with van der Waals surface area (Å²) in [5, 5.41) is 16.6. The van der Waals surface area contributed by atoms with Crippen LogP contribution in [0.5, 0.6) is 0 Å². The third-order valence-corrected chi connectivity index (χ3v) is 4.23. The number of benzene rings is 1. The van der Waals surface area contributed by atoms with Crippen molar-refractivity contribution in [1.82, 2.24) is 19.9 Å². The van der Waals surface area contributed by atoms with Crippen LogP contribution >= 0.6 is 12.4 Å². The molecule has 0 aliphatic carbocycles. The van der Waals surface area contributed by atoms with E-state index < -0.39 is 23.5 Å². The number of halogens is 4. The molecule has 7 nitrogen and oxygen atoms in total.